The van der Waals surface area contributed by atoms with Gasteiger partial charge in [-0.2, -0.15) is 0 Å². The van der Waals surface area contributed by atoms with Crippen molar-refractivity contribution in [3.63, 3.8) is 0 Å². The van der Waals surface area contributed by atoms with Crippen LogP contribution in [-0.2, 0) is 4.79 Å². The van der Waals surface area contributed by atoms with E-state index in [0.717, 1.165) is 12.1 Å². The van der Waals surface area contributed by atoms with Crippen LogP contribution in [0.3, 0.4) is 0 Å². The number of hydrogen-bond donors (Lipinski definition) is 0. The molecule has 25 heavy (non-hydrogen) atoms. The number of carbonyl (C=O) groups excluding carboxylic acids is 2. The zero-order valence-corrected chi connectivity index (χ0v) is 14.0. The standard InChI is InChI=1S/C18H19N5O2/c1-13-11-22(16(24)15-10-20-6-7-21-15)12-18(13)4-8-23(17(18)25)14-3-2-5-19-9-14/h2-3,5-7,9-10,13H,4,8,11-12H2,1H3/t13-,18-/m1/s1. The molecule has 0 radical (unpaired) electrons. The minimum absolute atomic E-state index is 0.0856. The lowest BCUT2D eigenvalue weighted by Crippen LogP contribution is -2.40. The molecule has 0 saturated carbocycles. The first-order valence-electron chi connectivity index (χ1n) is 8.39. The van der Waals surface area contributed by atoms with Crippen LogP contribution in [0, 0.1) is 11.3 Å². The largest absolute Gasteiger partial charge is 0.336 e. The van der Waals surface area contributed by atoms with Crippen LogP contribution < -0.4 is 4.90 Å². The molecule has 4 rings (SSSR count). The van der Waals surface area contributed by atoms with Gasteiger partial charge in [0.05, 0.1) is 23.5 Å². The van der Waals surface area contributed by atoms with Gasteiger partial charge in [-0.1, -0.05) is 6.92 Å². The molecular weight excluding hydrogens is 318 g/mol. The van der Waals surface area contributed by atoms with Gasteiger partial charge in [0.2, 0.25) is 5.91 Å². The van der Waals surface area contributed by atoms with Gasteiger partial charge in [0.1, 0.15) is 5.69 Å². The predicted octanol–water partition coefficient (Wildman–Crippen LogP) is 1.39. The maximum atomic E-state index is 13.2. The van der Waals surface area contributed by atoms with Gasteiger partial charge in [-0.05, 0) is 24.5 Å². The number of rotatable bonds is 2. The van der Waals surface area contributed by atoms with Gasteiger partial charge in [0.15, 0.2) is 0 Å². The molecule has 2 aliphatic rings. The van der Waals surface area contributed by atoms with Gasteiger partial charge in [-0.25, -0.2) is 4.98 Å². The van der Waals surface area contributed by atoms with Crippen molar-refractivity contribution in [3.8, 4) is 0 Å². The Kier molecular flexibility index (Phi) is 3.71. The smallest absolute Gasteiger partial charge is 0.274 e. The fourth-order valence-corrected chi connectivity index (χ4v) is 3.94. The summed E-state index contributed by atoms with van der Waals surface area (Å²) in [4.78, 5) is 41.5. The zero-order valence-electron chi connectivity index (χ0n) is 14.0. The average Bonchev–Trinajstić information content (AvgIpc) is 3.17. The summed E-state index contributed by atoms with van der Waals surface area (Å²) in [6.45, 7) is 3.69. The molecule has 0 aromatic carbocycles. The number of likely N-dealkylation sites (tertiary alicyclic amines) is 1. The lowest BCUT2D eigenvalue weighted by Gasteiger charge is -2.26. The molecule has 1 spiro atoms. The van der Waals surface area contributed by atoms with E-state index in [1.165, 1.54) is 18.6 Å². The van der Waals surface area contributed by atoms with Crippen LogP contribution in [0.15, 0.2) is 43.1 Å². The van der Waals surface area contributed by atoms with Crippen molar-refractivity contribution in [1.29, 1.82) is 0 Å². The van der Waals surface area contributed by atoms with Crippen molar-refractivity contribution in [2.24, 2.45) is 11.3 Å². The number of amides is 2. The summed E-state index contributed by atoms with van der Waals surface area (Å²) in [5.41, 5.74) is 0.616. The molecule has 2 aromatic rings. The second kappa shape index (κ2) is 5.91. The third-order valence-corrected chi connectivity index (χ3v) is 5.39. The quantitative estimate of drug-likeness (QED) is 0.827. The molecule has 4 heterocycles. The van der Waals surface area contributed by atoms with Gasteiger partial charge in [-0.15, -0.1) is 0 Å². The van der Waals surface area contributed by atoms with E-state index in [9.17, 15) is 9.59 Å². The van der Waals surface area contributed by atoms with Crippen molar-refractivity contribution in [1.82, 2.24) is 19.9 Å². The summed E-state index contributed by atoms with van der Waals surface area (Å²) in [6.07, 6.45) is 8.66. The topological polar surface area (TPSA) is 79.3 Å². The third-order valence-electron chi connectivity index (χ3n) is 5.39. The highest BCUT2D eigenvalue weighted by Gasteiger charge is 2.56. The van der Waals surface area contributed by atoms with E-state index in [-0.39, 0.29) is 17.7 Å². The number of anilines is 1. The van der Waals surface area contributed by atoms with Crippen LogP contribution >= 0.6 is 0 Å². The normalized spacial score (nSPS) is 25.8. The Labute approximate surface area is 145 Å². The van der Waals surface area contributed by atoms with Crippen LogP contribution in [0.5, 0.6) is 0 Å². The molecule has 2 aliphatic heterocycles. The fourth-order valence-electron chi connectivity index (χ4n) is 3.94. The first-order valence-corrected chi connectivity index (χ1v) is 8.39. The third kappa shape index (κ3) is 2.47. The Bertz CT molecular complexity index is 798. The Balaban J connectivity index is 1.57. The first-order chi connectivity index (χ1) is 12.1. The number of aromatic nitrogens is 3. The zero-order chi connectivity index (χ0) is 17.4. The summed E-state index contributed by atoms with van der Waals surface area (Å²) in [7, 11) is 0. The molecule has 7 nitrogen and oxygen atoms in total. The maximum absolute atomic E-state index is 13.2. The summed E-state index contributed by atoms with van der Waals surface area (Å²) in [5, 5.41) is 0. The minimum Gasteiger partial charge on any atom is -0.336 e. The molecule has 7 heteroatoms. The van der Waals surface area contributed by atoms with Gasteiger partial charge >= 0.3 is 0 Å². The Hall–Kier alpha value is -2.83. The molecule has 0 N–H and O–H groups in total. The molecule has 2 saturated heterocycles. The van der Waals surface area contributed by atoms with Crippen LogP contribution in [-0.4, -0.2) is 51.3 Å². The average molecular weight is 337 g/mol. The fraction of sp³-hybridized carbons (Fsp3) is 0.389. The molecular formula is C18H19N5O2. The molecule has 2 aromatic heterocycles. The molecule has 0 bridgehead atoms. The Morgan fingerprint density at radius 2 is 2.08 bits per heavy atom. The molecule has 0 unspecified atom stereocenters. The van der Waals surface area contributed by atoms with Crippen LogP contribution in [0.1, 0.15) is 23.8 Å². The van der Waals surface area contributed by atoms with Crippen molar-refractivity contribution < 1.29 is 9.59 Å². The second-order valence-electron chi connectivity index (χ2n) is 6.75. The number of hydrogen-bond acceptors (Lipinski definition) is 5. The van der Waals surface area contributed by atoms with Crippen molar-refractivity contribution in [2.75, 3.05) is 24.5 Å². The molecule has 2 fully saturated rings. The Morgan fingerprint density at radius 1 is 1.24 bits per heavy atom. The van der Waals surface area contributed by atoms with E-state index < -0.39 is 5.41 Å². The molecule has 2 atom stereocenters. The second-order valence-corrected chi connectivity index (χ2v) is 6.75. The predicted molar refractivity (Wildman–Crippen MR) is 90.7 cm³/mol. The van der Waals surface area contributed by atoms with Crippen molar-refractivity contribution >= 4 is 17.5 Å². The lowest BCUT2D eigenvalue weighted by molar-refractivity contribution is -0.126. The highest BCUT2D eigenvalue weighted by molar-refractivity contribution is 6.01. The van der Waals surface area contributed by atoms with E-state index in [1.54, 1.807) is 22.2 Å². The van der Waals surface area contributed by atoms with Gasteiger partial charge in [0.25, 0.3) is 5.91 Å². The van der Waals surface area contributed by atoms with Crippen LogP contribution in [0.4, 0.5) is 5.69 Å². The van der Waals surface area contributed by atoms with E-state index in [1.807, 2.05) is 12.1 Å². The SMILES string of the molecule is C[C@@H]1CN(C(=O)c2cnccn2)C[C@]12CCN(c1cccnc1)C2=O. The molecule has 0 aliphatic carbocycles. The van der Waals surface area contributed by atoms with Gasteiger partial charge in [-0.3, -0.25) is 19.6 Å². The minimum atomic E-state index is -0.520. The van der Waals surface area contributed by atoms with Crippen molar-refractivity contribution in [2.45, 2.75) is 13.3 Å². The molecule has 2 amide bonds. The summed E-state index contributed by atoms with van der Waals surface area (Å²) in [5.74, 6) is 0.0224. The maximum Gasteiger partial charge on any atom is 0.274 e. The van der Waals surface area contributed by atoms with E-state index in [2.05, 4.69) is 21.9 Å². The highest BCUT2D eigenvalue weighted by atomic mass is 16.2. The van der Waals surface area contributed by atoms with Crippen molar-refractivity contribution in [3.05, 3.63) is 48.8 Å². The lowest BCUT2D eigenvalue weighted by atomic mass is 9.78. The van der Waals surface area contributed by atoms with E-state index in [4.69, 9.17) is 0 Å². The van der Waals surface area contributed by atoms with Crippen LogP contribution in [0.25, 0.3) is 0 Å². The summed E-state index contributed by atoms with van der Waals surface area (Å²) < 4.78 is 0. The number of pyridine rings is 1. The van der Waals surface area contributed by atoms with Gasteiger partial charge < -0.3 is 9.80 Å². The summed E-state index contributed by atoms with van der Waals surface area (Å²) >= 11 is 0. The molecule has 128 valence electrons. The summed E-state index contributed by atoms with van der Waals surface area (Å²) in [6, 6.07) is 3.72. The van der Waals surface area contributed by atoms with E-state index in [0.29, 0.717) is 25.3 Å². The highest BCUT2D eigenvalue weighted by Crippen LogP contribution is 2.46. The Morgan fingerprint density at radius 3 is 2.80 bits per heavy atom. The number of carbonyl (C=O) groups is 2. The van der Waals surface area contributed by atoms with E-state index >= 15 is 0 Å². The van der Waals surface area contributed by atoms with Crippen LogP contribution in [0.2, 0.25) is 0 Å². The van der Waals surface area contributed by atoms with Gasteiger partial charge in [0, 0.05) is 38.2 Å². The monoisotopic (exact) mass is 337 g/mol. The first kappa shape index (κ1) is 15.7. The number of nitrogens with zero attached hydrogens (tertiary/aromatic N) is 5.